The van der Waals surface area contributed by atoms with E-state index in [4.69, 9.17) is 5.73 Å². The van der Waals surface area contributed by atoms with Crippen LogP contribution >= 0.6 is 46.7 Å². The highest BCUT2D eigenvalue weighted by Gasteiger charge is 2.06. The smallest absolute Gasteiger partial charge is 0.188 e. The van der Waals surface area contributed by atoms with Gasteiger partial charge in [-0.25, -0.2) is 4.98 Å². The lowest BCUT2D eigenvalue weighted by Crippen LogP contribution is -2.33. The molecular formula is C15H23IN4S2. The summed E-state index contributed by atoms with van der Waals surface area (Å²) in [6.07, 6.45) is 0.950. The molecule has 0 fully saturated rings. The van der Waals surface area contributed by atoms with Crippen LogP contribution in [0.3, 0.4) is 0 Å². The van der Waals surface area contributed by atoms with Crippen LogP contribution in [0.4, 0.5) is 0 Å². The number of hydrogen-bond acceptors (Lipinski definition) is 4. The van der Waals surface area contributed by atoms with E-state index < -0.39 is 0 Å². The van der Waals surface area contributed by atoms with Crippen molar-refractivity contribution in [1.29, 1.82) is 0 Å². The summed E-state index contributed by atoms with van der Waals surface area (Å²) in [5, 5.41) is 6.38. The van der Waals surface area contributed by atoms with E-state index in [0.717, 1.165) is 30.2 Å². The van der Waals surface area contributed by atoms with Crippen LogP contribution in [0.25, 0.3) is 10.6 Å². The Bertz CT molecular complexity index is 604. The number of aryl methyl sites for hydroxylation is 1. The molecule has 22 heavy (non-hydrogen) atoms. The van der Waals surface area contributed by atoms with Crippen LogP contribution in [0, 0.1) is 12.8 Å². The zero-order chi connectivity index (χ0) is 15.2. The number of guanidine groups is 1. The van der Waals surface area contributed by atoms with Crippen molar-refractivity contribution < 1.29 is 0 Å². The molecule has 7 heteroatoms. The maximum absolute atomic E-state index is 5.82. The Hall–Kier alpha value is -0.670. The van der Waals surface area contributed by atoms with Crippen molar-refractivity contribution >= 4 is 52.6 Å². The summed E-state index contributed by atoms with van der Waals surface area (Å²) in [7, 11) is 0. The molecule has 0 aliphatic carbocycles. The number of nitrogens with zero attached hydrogens (tertiary/aromatic N) is 2. The Labute approximate surface area is 157 Å². The normalized spacial score (nSPS) is 11.5. The fraction of sp³-hybridized carbons (Fsp3) is 0.467. The molecule has 0 saturated heterocycles. The Morgan fingerprint density at radius 3 is 2.82 bits per heavy atom. The second-order valence-electron chi connectivity index (χ2n) is 5.31. The van der Waals surface area contributed by atoms with Crippen molar-refractivity contribution in [2.75, 3.05) is 13.1 Å². The Morgan fingerprint density at radius 2 is 2.18 bits per heavy atom. The van der Waals surface area contributed by atoms with Crippen molar-refractivity contribution in [3.8, 4) is 10.6 Å². The molecular weight excluding hydrogens is 427 g/mol. The summed E-state index contributed by atoms with van der Waals surface area (Å²) >= 11 is 3.48. The summed E-state index contributed by atoms with van der Waals surface area (Å²) < 4.78 is 0. The third-order valence-corrected chi connectivity index (χ3v) is 4.78. The van der Waals surface area contributed by atoms with Gasteiger partial charge in [-0.15, -0.1) is 46.7 Å². The van der Waals surface area contributed by atoms with Crippen LogP contribution in [-0.4, -0.2) is 24.0 Å². The molecule has 0 bridgehead atoms. The Kier molecular flexibility index (Phi) is 8.34. The molecule has 4 nitrogen and oxygen atoms in total. The number of rotatable bonds is 6. The average Bonchev–Trinajstić information content (AvgIpc) is 3.05. The number of halogens is 1. The minimum Gasteiger partial charge on any atom is -0.370 e. The van der Waals surface area contributed by atoms with Gasteiger partial charge in [0.25, 0.3) is 0 Å². The number of thiazole rings is 1. The van der Waals surface area contributed by atoms with Crippen molar-refractivity contribution in [2.45, 2.75) is 27.2 Å². The zero-order valence-electron chi connectivity index (χ0n) is 13.1. The maximum Gasteiger partial charge on any atom is 0.188 e. The maximum atomic E-state index is 5.82. The lowest BCUT2D eigenvalue weighted by atomic mass is 10.2. The van der Waals surface area contributed by atoms with Gasteiger partial charge in [0, 0.05) is 23.3 Å². The van der Waals surface area contributed by atoms with E-state index in [1.165, 1.54) is 9.75 Å². The first-order valence-electron chi connectivity index (χ1n) is 7.09. The quantitative estimate of drug-likeness (QED) is 0.399. The number of nitrogens with one attached hydrogen (secondary N) is 1. The molecule has 0 aliphatic heterocycles. The number of aromatic nitrogens is 1. The van der Waals surface area contributed by atoms with E-state index in [1.54, 1.807) is 22.7 Å². The highest BCUT2D eigenvalue weighted by Crippen LogP contribution is 2.29. The lowest BCUT2D eigenvalue weighted by Gasteiger charge is -2.05. The fourth-order valence-electron chi connectivity index (χ4n) is 1.78. The second kappa shape index (κ2) is 9.46. The Morgan fingerprint density at radius 1 is 1.41 bits per heavy atom. The Balaban J connectivity index is 0.00000242. The minimum atomic E-state index is 0. The van der Waals surface area contributed by atoms with E-state index in [9.17, 15) is 0 Å². The van der Waals surface area contributed by atoms with E-state index in [-0.39, 0.29) is 24.0 Å². The van der Waals surface area contributed by atoms with Crippen LogP contribution in [0.15, 0.2) is 22.5 Å². The zero-order valence-corrected chi connectivity index (χ0v) is 17.1. The van der Waals surface area contributed by atoms with E-state index in [0.29, 0.717) is 11.9 Å². The molecule has 2 aromatic rings. The van der Waals surface area contributed by atoms with Crippen LogP contribution < -0.4 is 11.1 Å². The molecule has 2 aromatic heterocycles. The van der Waals surface area contributed by atoms with Crippen LogP contribution in [-0.2, 0) is 6.42 Å². The summed E-state index contributed by atoms with van der Waals surface area (Å²) in [6.45, 7) is 7.87. The lowest BCUT2D eigenvalue weighted by molar-refractivity contribution is 0.661. The van der Waals surface area contributed by atoms with E-state index in [2.05, 4.69) is 46.7 Å². The van der Waals surface area contributed by atoms with E-state index in [1.807, 2.05) is 6.92 Å². The van der Waals surface area contributed by atoms with Crippen LogP contribution in [0.5, 0.6) is 0 Å². The first-order chi connectivity index (χ1) is 10.0. The largest absolute Gasteiger partial charge is 0.370 e. The summed E-state index contributed by atoms with van der Waals surface area (Å²) in [5.74, 6) is 1.07. The average molecular weight is 450 g/mol. The predicted octanol–water partition coefficient (Wildman–Crippen LogP) is 3.90. The van der Waals surface area contributed by atoms with Crippen LogP contribution in [0.2, 0.25) is 0 Å². The van der Waals surface area contributed by atoms with Gasteiger partial charge in [-0.2, -0.15) is 0 Å². The molecule has 0 saturated carbocycles. The number of nitrogens with two attached hydrogens (primary N) is 1. The monoisotopic (exact) mass is 450 g/mol. The molecule has 0 spiro atoms. The molecule has 2 rings (SSSR count). The number of thiophene rings is 1. The third kappa shape index (κ3) is 6.21. The molecule has 0 aliphatic rings. The van der Waals surface area contributed by atoms with Crippen LogP contribution in [0.1, 0.15) is 23.7 Å². The van der Waals surface area contributed by atoms with Gasteiger partial charge in [-0.1, -0.05) is 13.8 Å². The molecule has 3 N–H and O–H groups in total. The van der Waals surface area contributed by atoms with Gasteiger partial charge < -0.3 is 11.1 Å². The summed E-state index contributed by atoms with van der Waals surface area (Å²) in [5.41, 5.74) is 6.90. The topological polar surface area (TPSA) is 63.3 Å². The van der Waals surface area contributed by atoms with Gasteiger partial charge in [0.05, 0.1) is 15.6 Å². The van der Waals surface area contributed by atoms with Crippen molar-refractivity contribution in [1.82, 2.24) is 10.3 Å². The highest BCUT2D eigenvalue weighted by atomic mass is 127. The molecule has 0 radical (unpaired) electrons. The molecule has 122 valence electrons. The van der Waals surface area contributed by atoms with Crippen molar-refractivity contribution in [3.63, 3.8) is 0 Å². The molecule has 0 atom stereocenters. The predicted molar refractivity (Wildman–Crippen MR) is 109 cm³/mol. The molecule has 0 aromatic carbocycles. The standard InChI is InChI=1S/C15H22N4S2.HI/c1-10(2)8-18-15(16)17-7-6-12-4-5-14(21-12)13-9-20-11(3)19-13;/h4-5,9-10H,6-8H2,1-3H3,(H3,16,17,18);1H. The molecule has 0 unspecified atom stereocenters. The molecule has 0 amide bonds. The molecule has 2 heterocycles. The minimum absolute atomic E-state index is 0. The summed E-state index contributed by atoms with van der Waals surface area (Å²) in [6, 6.07) is 4.31. The summed E-state index contributed by atoms with van der Waals surface area (Å²) in [4.78, 5) is 11.4. The van der Waals surface area contributed by atoms with Crippen molar-refractivity contribution in [3.05, 3.63) is 27.4 Å². The highest BCUT2D eigenvalue weighted by molar-refractivity contribution is 14.0. The van der Waals surface area contributed by atoms with Gasteiger partial charge in [-0.3, -0.25) is 4.99 Å². The van der Waals surface area contributed by atoms with Gasteiger partial charge in [0.2, 0.25) is 0 Å². The number of hydrogen-bond donors (Lipinski definition) is 2. The number of aliphatic imine (C=N–C) groups is 1. The van der Waals surface area contributed by atoms with E-state index >= 15 is 0 Å². The van der Waals surface area contributed by atoms with Gasteiger partial charge in [-0.05, 0) is 31.4 Å². The first-order valence-corrected chi connectivity index (χ1v) is 8.79. The van der Waals surface area contributed by atoms with Crippen molar-refractivity contribution in [2.24, 2.45) is 16.6 Å². The van der Waals surface area contributed by atoms with Gasteiger partial charge in [0.15, 0.2) is 5.96 Å². The fourth-order valence-corrected chi connectivity index (χ4v) is 3.43. The van der Waals surface area contributed by atoms with Gasteiger partial charge >= 0.3 is 0 Å². The second-order valence-corrected chi connectivity index (χ2v) is 7.54. The third-order valence-electron chi connectivity index (χ3n) is 2.84. The van der Waals surface area contributed by atoms with Gasteiger partial charge in [0.1, 0.15) is 0 Å². The first kappa shape index (κ1) is 19.4. The SMILES string of the molecule is Cc1nc(-c2ccc(CCNC(N)=NCC(C)C)s2)cs1.I.